The van der Waals surface area contributed by atoms with Gasteiger partial charge in [0.2, 0.25) is 5.91 Å². The summed E-state index contributed by atoms with van der Waals surface area (Å²) in [6.07, 6.45) is 3.80. The summed E-state index contributed by atoms with van der Waals surface area (Å²) in [5, 5.41) is 0. The number of carbonyl (C=O) groups is 1. The molecule has 1 aromatic carbocycles. The maximum Gasteiger partial charge on any atom is 0.248 e. The van der Waals surface area contributed by atoms with Crippen molar-refractivity contribution in [2.24, 2.45) is 5.92 Å². The fraction of sp³-hybridized carbons (Fsp3) is 0.524. The van der Waals surface area contributed by atoms with Crippen LogP contribution in [0.3, 0.4) is 0 Å². The molecule has 5 heteroatoms. The van der Waals surface area contributed by atoms with Crippen molar-refractivity contribution < 1.29 is 9.53 Å². The third-order valence-electron chi connectivity index (χ3n) is 4.51. The van der Waals surface area contributed by atoms with E-state index in [0.29, 0.717) is 19.0 Å². The van der Waals surface area contributed by atoms with Gasteiger partial charge in [-0.1, -0.05) is 31.5 Å². The minimum absolute atomic E-state index is 0.00144. The Balaban J connectivity index is 2.22. The molecule has 2 aromatic rings. The first-order chi connectivity index (χ1) is 12.3. The Morgan fingerprint density at radius 2 is 1.88 bits per heavy atom. The third-order valence-corrected chi connectivity index (χ3v) is 4.51. The molecule has 0 spiro atoms. The molecule has 5 nitrogen and oxygen atoms in total. The molecule has 26 heavy (non-hydrogen) atoms. The first-order valence-corrected chi connectivity index (χ1v) is 9.15. The zero-order valence-electron chi connectivity index (χ0n) is 16.9. The van der Waals surface area contributed by atoms with Crippen molar-refractivity contribution in [2.45, 2.75) is 47.7 Å². The summed E-state index contributed by atoms with van der Waals surface area (Å²) in [5.41, 5.74) is 5.17. The van der Waals surface area contributed by atoms with Crippen LogP contribution >= 0.6 is 0 Å². The second kappa shape index (κ2) is 8.99. The van der Waals surface area contributed by atoms with E-state index in [1.165, 1.54) is 22.3 Å². The normalized spacial score (nSPS) is 11.2. The van der Waals surface area contributed by atoms with Gasteiger partial charge in [-0.05, 0) is 43.4 Å². The van der Waals surface area contributed by atoms with E-state index in [1.54, 1.807) is 7.11 Å². The van der Waals surface area contributed by atoms with Crippen LogP contribution in [0.15, 0.2) is 24.5 Å². The maximum absolute atomic E-state index is 12.4. The summed E-state index contributed by atoms with van der Waals surface area (Å²) >= 11 is 0. The van der Waals surface area contributed by atoms with Gasteiger partial charge >= 0.3 is 0 Å². The lowest BCUT2D eigenvalue weighted by molar-refractivity contribution is -0.136. The minimum atomic E-state index is -0.00144. The Morgan fingerprint density at radius 3 is 2.46 bits per heavy atom. The molecule has 0 N–H and O–H groups in total. The first-order valence-electron chi connectivity index (χ1n) is 9.15. The van der Waals surface area contributed by atoms with Gasteiger partial charge in [-0.2, -0.15) is 0 Å². The fourth-order valence-corrected chi connectivity index (χ4v) is 3.35. The number of aryl methyl sites for hydroxylation is 3. The van der Waals surface area contributed by atoms with Crippen LogP contribution in [0, 0.1) is 26.7 Å². The second-order valence-electron chi connectivity index (χ2n) is 7.45. The van der Waals surface area contributed by atoms with Gasteiger partial charge in [0.15, 0.2) is 0 Å². The number of aromatic nitrogens is 2. The van der Waals surface area contributed by atoms with Crippen molar-refractivity contribution in [3.63, 3.8) is 0 Å². The molecule has 0 fully saturated rings. The van der Waals surface area contributed by atoms with E-state index in [-0.39, 0.29) is 12.5 Å². The number of nitrogens with zero attached hydrogens (tertiary/aromatic N) is 3. The van der Waals surface area contributed by atoms with E-state index < -0.39 is 0 Å². The van der Waals surface area contributed by atoms with E-state index in [1.807, 2.05) is 17.3 Å². The molecule has 0 aliphatic rings. The van der Waals surface area contributed by atoms with Gasteiger partial charge < -0.3 is 14.2 Å². The highest BCUT2D eigenvalue weighted by Crippen LogP contribution is 2.19. The highest BCUT2D eigenvalue weighted by atomic mass is 16.5. The maximum atomic E-state index is 12.4. The van der Waals surface area contributed by atoms with Crippen molar-refractivity contribution in [3.05, 3.63) is 52.6 Å². The molecule has 142 valence electrons. The molecule has 1 amide bonds. The molecule has 0 unspecified atom stereocenters. The second-order valence-corrected chi connectivity index (χ2v) is 7.45. The highest BCUT2D eigenvalue weighted by molar-refractivity contribution is 5.77. The van der Waals surface area contributed by atoms with Gasteiger partial charge in [0.25, 0.3) is 0 Å². The zero-order valence-corrected chi connectivity index (χ0v) is 16.9. The van der Waals surface area contributed by atoms with Gasteiger partial charge in [0.1, 0.15) is 12.4 Å². The number of methoxy groups -OCH3 is 1. The van der Waals surface area contributed by atoms with Gasteiger partial charge in [0, 0.05) is 32.6 Å². The lowest BCUT2D eigenvalue weighted by Crippen LogP contribution is -2.37. The summed E-state index contributed by atoms with van der Waals surface area (Å²) in [7, 11) is 1.55. The lowest BCUT2D eigenvalue weighted by atomic mass is 10.00. The van der Waals surface area contributed by atoms with E-state index >= 15 is 0 Å². The van der Waals surface area contributed by atoms with Crippen molar-refractivity contribution in [1.82, 2.24) is 14.5 Å². The molecule has 0 bridgehead atoms. The van der Waals surface area contributed by atoms with Crippen molar-refractivity contribution >= 4 is 5.91 Å². The quantitative estimate of drug-likeness (QED) is 0.727. The zero-order chi connectivity index (χ0) is 19.3. The Bertz CT molecular complexity index is 726. The molecular weight excluding hydrogens is 326 g/mol. The molecule has 0 aliphatic carbocycles. The number of hydrogen-bond donors (Lipinski definition) is 0. The minimum Gasteiger partial charge on any atom is -0.375 e. The lowest BCUT2D eigenvalue weighted by Gasteiger charge is -2.24. The van der Waals surface area contributed by atoms with Crippen LogP contribution in [0.5, 0.6) is 0 Å². The van der Waals surface area contributed by atoms with Gasteiger partial charge in [0.05, 0.1) is 6.54 Å². The molecule has 1 aromatic heterocycles. The number of benzene rings is 1. The van der Waals surface area contributed by atoms with E-state index in [4.69, 9.17) is 4.74 Å². The van der Waals surface area contributed by atoms with Crippen LogP contribution in [0.4, 0.5) is 0 Å². The Morgan fingerprint density at radius 1 is 1.23 bits per heavy atom. The molecule has 2 rings (SSSR count). The molecular formula is C21H31N3O2. The first kappa shape index (κ1) is 20.2. The van der Waals surface area contributed by atoms with E-state index in [9.17, 15) is 4.79 Å². The topological polar surface area (TPSA) is 47.4 Å². The van der Waals surface area contributed by atoms with Crippen molar-refractivity contribution in [3.8, 4) is 0 Å². The third kappa shape index (κ3) is 5.18. The smallest absolute Gasteiger partial charge is 0.248 e. The van der Waals surface area contributed by atoms with Crippen LogP contribution in [0.1, 0.15) is 41.9 Å². The monoisotopic (exact) mass is 357 g/mol. The number of amides is 1. The summed E-state index contributed by atoms with van der Waals surface area (Å²) in [4.78, 5) is 18.7. The Kier molecular flexibility index (Phi) is 6.98. The summed E-state index contributed by atoms with van der Waals surface area (Å²) in [5.74, 6) is 1.29. The number of hydrogen-bond acceptors (Lipinski definition) is 3. The summed E-state index contributed by atoms with van der Waals surface area (Å²) in [6, 6.07) is 4.43. The van der Waals surface area contributed by atoms with Gasteiger partial charge in [-0.25, -0.2) is 4.98 Å². The molecule has 0 saturated carbocycles. The van der Waals surface area contributed by atoms with Crippen LogP contribution in [0.2, 0.25) is 0 Å². The average molecular weight is 357 g/mol. The van der Waals surface area contributed by atoms with Crippen LogP contribution in [0.25, 0.3) is 0 Å². The SMILES string of the molecule is COCC(=O)N(Cc1nccn1Cc1c(C)cc(C)cc1C)CC(C)C. The molecule has 0 saturated heterocycles. The molecule has 0 radical (unpaired) electrons. The fourth-order valence-electron chi connectivity index (χ4n) is 3.35. The van der Waals surface area contributed by atoms with E-state index in [0.717, 1.165) is 12.4 Å². The van der Waals surface area contributed by atoms with Crippen LogP contribution in [-0.4, -0.2) is 40.6 Å². The predicted octanol–water partition coefficient (Wildman–Crippen LogP) is 3.49. The molecule has 1 heterocycles. The average Bonchev–Trinajstić information content (AvgIpc) is 2.97. The number of rotatable bonds is 8. The predicted molar refractivity (Wildman–Crippen MR) is 104 cm³/mol. The largest absolute Gasteiger partial charge is 0.375 e. The number of ether oxygens (including phenoxy) is 1. The Hall–Kier alpha value is -2.14. The van der Waals surface area contributed by atoms with Crippen molar-refractivity contribution in [1.29, 1.82) is 0 Å². The van der Waals surface area contributed by atoms with Crippen LogP contribution in [-0.2, 0) is 22.6 Å². The number of imidazole rings is 1. The molecule has 0 atom stereocenters. The standard InChI is InChI=1S/C21H31N3O2/c1-15(2)11-24(21(25)14-26-6)13-20-22-7-8-23(20)12-19-17(4)9-16(3)10-18(19)5/h7-10,15H,11-14H2,1-6H3. The van der Waals surface area contributed by atoms with E-state index in [2.05, 4.69) is 56.3 Å². The van der Waals surface area contributed by atoms with Gasteiger partial charge in [-0.15, -0.1) is 0 Å². The van der Waals surface area contributed by atoms with Crippen LogP contribution < -0.4 is 0 Å². The molecule has 0 aliphatic heterocycles. The van der Waals surface area contributed by atoms with Gasteiger partial charge in [-0.3, -0.25) is 4.79 Å². The van der Waals surface area contributed by atoms with Crippen molar-refractivity contribution in [2.75, 3.05) is 20.3 Å². The Labute approximate surface area is 157 Å². The highest BCUT2D eigenvalue weighted by Gasteiger charge is 2.18. The summed E-state index contributed by atoms with van der Waals surface area (Å²) in [6.45, 7) is 12.7. The summed E-state index contributed by atoms with van der Waals surface area (Å²) < 4.78 is 7.17. The number of carbonyl (C=O) groups excluding carboxylic acids is 1.